The van der Waals surface area contributed by atoms with Crippen molar-refractivity contribution in [3.05, 3.63) is 29.8 Å². The topological polar surface area (TPSA) is 53.6 Å². The SMILES string of the molecule is I.NC(=NCC1CCN(c2ccc(F)c(F)c2)C1)NC1CCCCCC1. The van der Waals surface area contributed by atoms with Crippen LogP contribution in [0.1, 0.15) is 44.9 Å². The van der Waals surface area contributed by atoms with Crippen molar-refractivity contribution in [1.29, 1.82) is 0 Å². The Labute approximate surface area is 171 Å². The van der Waals surface area contributed by atoms with Gasteiger partial charge in [0.1, 0.15) is 0 Å². The van der Waals surface area contributed by atoms with E-state index >= 15 is 0 Å². The second kappa shape index (κ2) is 10.3. The molecule has 3 N–H and O–H groups in total. The minimum atomic E-state index is -0.804. The standard InChI is InChI=1S/C19H28F2N4.HI/c20-17-8-7-16(11-18(17)21)25-10-9-14(13-25)12-23-19(22)24-15-5-3-1-2-4-6-15;/h7-8,11,14-15H,1-6,9-10,12-13H2,(H3,22,23,24);1H. The zero-order chi connectivity index (χ0) is 17.6. The van der Waals surface area contributed by atoms with Crippen LogP contribution in [0, 0.1) is 17.6 Å². The summed E-state index contributed by atoms with van der Waals surface area (Å²) in [4.78, 5) is 6.59. The molecule has 146 valence electrons. The molecule has 0 spiro atoms. The molecule has 1 heterocycles. The Morgan fingerprint density at radius 2 is 1.85 bits per heavy atom. The van der Waals surface area contributed by atoms with Gasteiger partial charge in [0.25, 0.3) is 0 Å². The zero-order valence-corrected chi connectivity index (χ0v) is 17.4. The molecule has 0 amide bonds. The maximum atomic E-state index is 13.4. The monoisotopic (exact) mass is 478 g/mol. The second-order valence-corrected chi connectivity index (χ2v) is 7.26. The first kappa shape index (κ1) is 21.2. The molecule has 1 aromatic rings. The summed E-state index contributed by atoms with van der Waals surface area (Å²) in [6.07, 6.45) is 8.48. The van der Waals surface area contributed by atoms with Gasteiger partial charge in [0.15, 0.2) is 17.6 Å². The van der Waals surface area contributed by atoms with Gasteiger partial charge in [-0.2, -0.15) is 0 Å². The summed E-state index contributed by atoms with van der Waals surface area (Å²) in [6.45, 7) is 2.30. The highest BCUT2D eigenvalue weighted by molar-refractivity contribution is 14.0. The Morgan fingerprint density at radius 1 is 1.12 bits per heavy atom. The Morgan fingerprint density at radius 3 is 2.54 bits per heavy atom. The average molecular weight is 478 g/mol. The van der Waals surface area contributed by atoms with Crippen LogP contribution in [-0.4, -0.2) is 31.6 Å². The summed E-state index contributed by atoms with van der Waals surface area (Å²) < 4.78 is 26.4. The van der Waals surface area contributed by atoms with Crippen molar-refractivity contribution in [3.8, 4) is 0 Å². The van der Waals surface area contributed by atoms with E-state index in [1.54, 1.807) is 6.07 Å². The predicted molar refractivity (Wildman–Crippen MR) is 113 cm³/mol. The summed E-state index contributed by atoms with van der Waals surface area (Å²) in [5.74, 6) is -0.668. The van der Waals surface area contributed by atoms with Crippen LogP contribution in [0.4, 0.5) is 14.5 Å². The van der Waals surface area contributed by atoms with Crippen LogP contribution in [0.25, 0.3) is 0 Å². The fourth-order valence-electron chi connectivity index (χ4n) is 3.80. The van der Waals surface area contributed by atoms with Gasteiger partial charge >= 0.3 is 0 Å². The maximum absolute atomic E-state index is 13.4. The number of rotatable bonds is 4. The number of anilines is 1. The lowest BCUT2D eigenvalue weighted by molar-refractivity contribution is 0.508. The van der Waals surface area contributed by atoms with Crippen LogP contribution in [-0.2, 0) is 0 Å². The first-order valence-electron chi connectivity index (χ1n) is 9.38. The lowest BCUT2D eigenvalue weighted by Crippen LogP contribution is -2.40. The van der Waals surface area contributed by atoms with Crippen LogP contribution in [0.2, 0.25) is 0 Å². The van der Waals surface area contributed by atoms with E-state index in [0.717, 1.165) is 25.2 Å². The predicted octanol–water partition coefficient (Wildman–Crippen LogP) is 4.04. The Kier molecular flexibility index (Phi) is 8.37. The van der Waals surface area contributed by atoms with Crippen LogP contribution in [0.15, 0.2) is 23.2 Å². The first-order valence-corrected chi connectivity index (χ1v) is 9.38. The molecule has 1 aliphatic heterocycles. The molecule has 1 unspecified atom stereocenters. The number of nitrogens with zero attached hydrogens (tertiary/aromatic N) is 2. The smallest absolute Gasteiger partial charge is 0.188 e. The number of nitrogens with two attached hydrogens (primary N) is 1. The van der Waals surface area contributed by atoms with Gasteiger partial charge in [-0.1, -0.05) is 25.7 Å². The number of halogens is 3. The summed E-state index contributed by atoms with van der Waals surface area (Å²) >= 11 is 0. The Bertz CT molecular complexity index is 603. The lowest BCUT2D eigenvalue weighted by atomic mass is 10.1. The number of nitrogens with one attached hydrogen (secondary N) is 1. The highest BCUT2D eigenvalue weighted by Crippen LogP contribution is 2.25. The molecular weight excluding hydrogens is 449 g/mol. The van der Waals surface area contributed by atoms with Crippen molar-refractivity contribution >= 4 is 35.6 Å². The maximum Gasteiger partial charge on any atom is 0.188 e. The van der Waals surface area contributed by atoms with Crippen molar-refractivity contribution < 1.29 is 8.78 Å². The highest BCUT2D eigenvalue weighted by atomic mass is 127. The molecule has 0 bridgehead atoms. The minimum absolute atomic E-state index is 0. The normalized spacial score (nSPS) is 22.0. The fraction of sp³-hybridized carbons (Fsp3) is 0.632. The van der Waals surface area contributed by atoms with Crippen LogP contribution < -0.4 is 16.0 Å². The van der Waals surface area contributed by atoms with Crippen LogP contribution in [0.5, 0.6) is 0 Å². The van der Waals surface area contributed by atoms with E-state index in [2.05, 4.69) is 15.2 Å². The quantitative estimate of drug-likeness (QED) is 0.298. The molecule has 4 nitrogen and oxygen atoms in total. The molecule has 7 heteroatoms. The van der Waals surface area contributed by atoms with Gasteiger partial charge in [-0.3, -0.25) is 4.99 Å². The average Bonchev–Trinajstić information content (AvgIpc) is 2.93. The summed E-state index contributed by atoms with van der Waals surface area (Å²) in [5, 5.41) is 3.36. The number of benzene rings is 1. The van der Waals surface area contributed by atoms with E-state index in [0.29, 0.717) is 24.5 Å². The lowest BCUT2D eigenvalue weighted by Gasteiger charge is -2.19. The van der Waals surface area contributed by atoms with Gasteiger partial charge in [-0.05, 0) is 37.3 Å². The van der Waals surface area contributed by atoms with Crippen molar-refractivity contribution in [2.75, 3.05) is 24.5 Å². The third kappa shape index (κ3) is 5.96. The molecule has 1 aliphatic carbocycles. The van der Waals surface area contributed by atoms with Crippen molar-refractivity contribution in [1.82, 2.24) is 5.32 Å². The molecule has 1 saturated carbocycles. The van der Waals surface area contributed by atoms with Gasteiger partial charge in [-0.25, -0.2) is 8.78 Å². The van der Waals surface area contributed by atoms with Crippen molar-refractivity contribution in [3.63, 3.8) is 0 Å². The van der Waals surface area contributed by atoms with Crippen LogP contribution >= 0.6 is 24.0 Å². The van der Waals surface area contributed by atoms with E-state index < -0.39 is 11.6 Å². The number of guanidine groups is 1. The summed E-state index contributed by atoms with van der Waals surface area (Å²) in [5.41, 5.74) is 6.78. The Balaban J connectivity index is 0.00000243. The molecule has 2 aliphatic rings. The molecule has 0 radical (unpaired) electrons. The molecule has 1 aromatic carbocycles. The van der Waals surface area contributed by atoms with E-state index in [4.69, 9.17) is 5.73 Å². The van der Waals surface area contributed by atoms with Crippen molar-refractivity contribution in [2.45, 2.75) is 51.0 Å². The minimum Gasteiger partial charge on any atom is -0.371 e. The van der Waals surface area contributed by atoms with E-state index in [1.165, 1.54) is 50.7 Å². The van der Waals surface area contributed by atoms with Crippen LogP contribution in [0.3, 0.4) is 0 Å². The van der Waals surface area contributed by atoms with Gasteiger partial charge in [-0.15, -0.1) is 24.0 Å². The Hall–Kier alpha value is -1.12. The molecule has 26 heavy (non-hydrogen) atoms. The zero-order valence-electron chi connectivity index (χ0n) is 15.1. The third-order valence-corrected chi connectivity index (χ3v) is 5.28. The fourth-order valence-corrected chi connectivity index (χ4v) is 3.80. The number of hydrogen-bond donors (Lipinski definition) is 2. The highest BCUT2D eigenvalue weighted by Gasteiger charge is 2.23. The second-order valence-electron chi connectivity index (χ2n) is 7.26. The first-order chi connectivity index (χ1) is 12.1. The van der Waals surface area contributed by atoms with Gasteiger partial charge < -0.3 is 16.0 Å². The molecule has 0 aromatic heterocycles. The molecule has 3 rings (SSSR count). The molecule has 2 fully saturated rings. The summed E-state index contributed by atoms with van der Waals surface area (Å²) in [7, 11) is 0. The number of hydrogen-bond acceptors (Lipinski definition) is 2. The largest absolute Gasteiger partial charge is 0.371 e. The van der Waals surface area contributed by atoms with E-state index in [-0.39, 0.29) is 24.0 Å². The van der Waals surface area contributed by atoms with Crippen molar-refractivity contribution in [2.24, 2.45) is 16.6 Å². The molecule has 1 atom stereocenters. The van der Waals surface area contributed by atoms with E-state index in [1.807, 2.05) is 0 Å². The molecule has 1 saturated heterocycles. The van der Waals surface area contributed by atoms with E-state index in [9.17, 15) is 8.78 Å². The number of aliphatic imine (C=N–C) groups is 1. The van der Waals surface area contributed by atoms with Gasteiger partial charge in [0.05, 0.1) is 0 Å². The van der Waals surface area contributed by atoms with Gasteiger partial charge in [0, 0.05) is 37.4 Å². The summed E-state index contributed by atoms with van der Waals surface area (Å²) in [6, 6.07) is 4.54. The third-order valence-electron chi connectivity index (χ3n) is 5.28. The van der Waals surface area contributed by atoms with Gasteiger partial charge in [0.2, 0.25) is 0 Å². The molecular formula is C19H29F2IN4.